The fourth-order valence-corrected chi connectivity index (χ4v) is 0.526. The van der Waals surface area contributed by atoms with Crippen LogP contribution in [0.4, 0.5) is 5.69 Å². The minimum absolute atomic E-state index is 0.211. The van der Waals surface area contributed by atoms with E-state index in [2.05, 4.69) is 10.2 Å². The van der Waals surface area contributed by atoms with Crippen LogP contribution in [0.1, 0.15) is 5.69 Å². The Morgan fingerprint density at radius 2 is 2.44 bits per heavy atom. The summed E-state index contributed by atoms with van der Waals surface area (Å²) in [6.07, 6.45) is 0. The van der Waals surface area contributed by atoms with Gasteiger partial charge in [-0.3, -0.25) is 4.79 Å². The van der Waals surface area contributed by atoms with E-state index in [0.29, 0.717) is 5.69 Å². The highest BCUT2D eigenvalue weighted by Gasteiger charge is 1.91. The first-order chi connectivity index (χ1) is 4.20. The number of aromatic amines is 1. The van der Waals surface area contributed by atoms with Gasteiger partial charge in [-0.25, -0.2) is 5.10 Å². The van der Waals surface area contributed by atoms with Crippen molar-refractivity contribution < 1.29 is 0 Å². The molecule has 0 atom stereocenters. The Morgan fingerprint density at radius 1 is 1.78 bits per heavy atom. The topological polar surface area (TPSA) is 71.8 Å². The average Bonchev–Trinajstić information content (AvgIpc) is 1.80. The minimum atomic E-state index is -0.333. The summed E-state index contributed by atoms with van der Waals surface area (Å²) in [4.78, 5) is 10.5. The van der Waals surface area contributed by atoms with E-state index in [4.69, 9.17) is 5.73 Å². The van der Waals surface area contributed by atoms with Crippen molar-refractivity contribution in [3.05, 3.63) is 22.1 Å². The van der Waals surface area contributed by atoms with Gasteiger partial charge in [0.1, 0.15) is 5.69 Å². The monoisotopic (exact) mass is 125 g/mol. The second kappa shape index (κ2) is 1.89. The van der Waals surface area contributed by atoms with Crippen LogP contribution in [-0.2, 0) is 0 Å². The van der Waals surface area contributed by atoms with Crippen molar-refractivity contribution in [3.63, 3.8) is 0 Å². The molecule has 0 unspecified atom stereocenters. The first-order valence-electron chi connectivity index (χ1n) is 2.52. The molecule has 1 rings (SSSR count). The van der Waals surface area contributed by atoms with Gasteiger partial charge in [0.25, 0.3) is 5.56 Å². The molecular formula is C5H7N3O. The Bertz CT molecular complexity index is 265. The van der Waals surface area contributed by atoms with Crippen molar-refractivity contribution in [1.82, 2.24) is 10.2 Å². The fourth-order valence-electron chi connectivity index (χ4n) is 0.526. The summed E-state index contributed by atoms with van der Waals surface area (Å²) < 4.78 is 0. The molecule has 1 heterocycles. The lowest BCUT2D eigenvalue weighted by atomic mass is 10.4. The number of nitrogens with one attached hydrogen (secondary N) is 1. The van der Waals surface area contributed by atoms with Crippen molar-refractivity contribution in [2.75, 3.05) is 5.73 Å². The van der Waals surface area contributed by atoms with Gasteiger partial charge in [-0.1, -0.05) is 0 Å². The van der Waals surface area contributed by atoms with Crippen LogP contribution in [0.25, 0.3) is 0 Å². The van der Waals surface area contributed by atoms with Crippen LogP contribution in [-0.4, -0.2) is 10.2 Å². The molecule has 0 aliphatic heterocycles. The number of aryl methyl sites for hydroxylation is 1. The molecule has 0 aromatic carbocycles. The number of hydrogen-bond donors (Lipinski definition) is 2. The predicted octanol–water partition coefficient (Wildman–Crippen LogP) is -0.339. The molecule has 1 aromatic rings. The van der Waals surface area contributed by atoms with E-state index < -0.39 is 0 Å². The maximum absolute atomic E-state index is 10.5. The summed E-state index contributed by atoms with van der Waals surface area (Å²) in [6.45, 7) is 1.76. The van der Waals surface area contributed by atoms with Crippen LogP contribution < -0.4 is 11.3 Å². The van der Waals surface area contributed by atoms with Gasteiger partial charge in [-0.15, -0.1) is 0 Å². The van der Waals surface area contributed by atoms with Crippen molar-refractivity contribution in [3.8, 4) is 0 Å². The molecule has 0 fully saturated rings. The van der Waals surface area contributed by atoms with Gasteiger partial charge in [-0.05, 0) is 13.0 Å². The van der Waals surface area contributed by atoms with E-state index in [1.165, 1.54) is 6.07 Å². The van der Waals surface area contributed by atoms with E-state index >= 15 is 0 Å². The number of anilines is 1. The Kier molecular flexibility index (Phi) is 1.22. The molecule has 0 saturated heterocycles. The molecule has 0 bridgehead atoms. The summed E-state index contributed by atoms with van der Waals surface area (Å²) >= 11 is 0. The number of H-pyrrole nitrogens is 1. The van der Waals surface area contributed by atoms with Crippen LogP contribution in [0.2, 0.25) is 0 Å². The highest BCUT2D eigenvalue weighted by atomic mass is 16.1. The molecule has 4 nitrogen and oxygen atoms in total. The van der Waals surface area contributed by atoms with Gasteiger partial charge in [0, 0.05) is 0 Å². The molecule has 0 radical (unpaired) electrons. The summed E-state index contributed by atoms with van der Waals surface area (Å²) in [5, 5.41) is 5.86. The summed E-state index contributed by atoms with van der Waals surface area (Å²) in [7, 11) is 0. The average molecular weight is 125 g/mol. The lowest BCUT2D eigenvalue weighted by Gasteiger charge is -1.90. The van der Waals surface area contributed by atoms with Gasteiger partial charge in [0.05, 0.1) is 5.69 Å². The highest BCUT2D eigenvalue weighted by Crippen LogP contribution is 1.90. The molecular weight excluding hydrogens is 118 g/mol. The SMILES string of the molecule is Cc1cc(N)c(=O)[nH]n1. The number of hydrogen-bond acceptors (Lipinski definition) is 3. The highest BCUT2D eigenvalue weighted by molar-refractivity contribution is 5.33. The Hall–Kier alpha value is -1.32. The molecule has 0 amide bonds. The van der Waals surface area contributed by atoms with Crippen LogP contribution in [0, 0.1) is 6.92 Å². The quantitative estimate of drug-likeness (QED) is 0.498. The third kappa shape index (κ3) is 1.07. The molecule has 3 N–H and O–H groups in total. The van der Waals surface area contributed by atoms with Crippen LogP contribution >= 0.6 is 0 Å². The molecule has 1 aromatic heterocycles. The third-order valence-electron chi connectivity index (χ3n) is 0.960. The first kappa shape index (κ1) is 5.81. The molecule has 0 aliphatic rings. The first-order valence-corrected chi connectivity index (χ1v) is 2.52. The van der Waals surface area contributed by atoms with Crippen LogP contribution in [0.15, 0.2) is 10.9 Å². The van der Waals surface area contributed by atoms with Gasteiger partial charge in [0.15, 0.2) is 0 Å². The second-order valence-electron chi connectivity index (χ2n) is 1.79. The van der Waals surface area contributed by atoms with Gasteiger partial charge >= 0.3 is 0 Å². The Morgan fingerprint density at radius 3 is 2.89 bits per heavy atom. The van der Waals surface area contributed by atoms with Gasteiger partial charge in [0.2, 0.25) is 0 Å². The van der Waals surface area contributed by atoms with E-state index in [-0.39, 0.29) is 11.2 Å². The van der Waals surface area contributed by atoms with E-state index in [1.54, 1.807) is 6.92 Å². The van der Waals surface area contributed by atoms with Gasteiger partial charge in [-0.2, -0.15) is 5.10 Å². The standard InChI is InChI=1S/C5H7N3O/c1-3-2-4(6)5(9)8-7-3/h2H,1H3,(H2,6,7)(H,8,9). The summed E-state index contributed by atoms with van der Waals surface area (Å²) in [6, 6.07) is 1.53. The summed E-state index contributed by atoms with van der Waals surface area (Å²) in [5.41, 5.74) is 5.83. The molecule has 9 heavy (non-hydrogen) atoms. The number of nitrogens with two attached hydrogens (primary N) is 1. The maximum Gasteiger partial charge on any atom is 0.287 e. The van der Waals surface area contributed by atoms with E-state index in [0.717, 1.165) is 0 Å². The van der Waals surface area contributed by atoms with E-state index in [9.17, 15) is 4.79 Å². The zero-order valence-corrected chi connectivity index (χ0v) is 5.01. The van der Waals surface area contributed by atoms with Crippen molar-refractivity contribution >= 4 is 5.69 Å². The number of nitrogen functional groups attached to an aromatic ring is 1. The lowest BCUT2D eigenvalue weighted by Crippen LogP contribution is -2.13. The van der Waals surface area contributed by atoms with Crippen molar-refractivity contribution in [2.45, 2.75) is 6.92 Å². The smallest absolute Gasteiger partial charge is 0.287 e. The van der Waals surface area contributed by atoms with Crippen molar-refractivity contribution in [1.29, 1.82) is 0 Å². The number of rotatable bonds is 0. The normalized spacial score (nSPS) is 9.44. The lowest BCUT2D eigenvalue weighted by molar-refractivity contribution is 0.950. The number of nitrogens with zero attached hydrogens (tertiary/aromatic N) is 1. The zero-order chi connectivity index (χ0) is 6.85. The van der Waals surface area contributed by atoms with Crippen molar-refractivity contribution in [2.24, 2.45) is 0 Å². The second-order valence-corrected chi connectivity index (χ2v) is 1.79. The largest absolute Gasteiger partial charge is 0.394 e. The van der Waals surface area contributed by atoms with Crippen LogP contribution in [0.5, 0.6) is 0 Å². The minimum Gasteiger partial charge on any atom is -0.394 e. The van der Waals surface area contributed by atoms with E-state index in [1.807, 2.05) is 0 Å². The molecule has 48 valence electrons. The Balaban J connectivity index is 3.34. The van der Waals surface area contributed by atoms with Crippen LogP contribution in [0.3, 0.4) is 0 Å². The molecule has 0 spiro atoms. The fraction of sp³-hybridized carbons (Fsp3) is 0.200. The number of aromatic nitrogens is 2. The summed E-state index contributed by atoms with van der Waals surface area (Å²) in [5.74, 6) is 0. The molecule has 0 aliphatic carbocycles. The Labute approximate surface area is 51.7 Å². The van der Waals surface area contributed by atoms with Gasteiger partial charge < -0.3 is 5.73 Å². The maximum atomic E-state index is 10.5. The molecule has 4 heteroatoms. The predicted molar refractivity (Wildman–Crippen MR) is 34.0 cm³/mol. The zero-order valence-electron chi connectivity index (χ0n) is 5.01. The third-order valence-corrected chi connectivity index (χ3v) is 0.960. The molecule has 0 saturated carbocycles.